The second kappa shape index (κ2) is 5.18. The van der Waals surface area contributed by atoms with Crippen molar-refractivity contribution in [1.29, 1.82) is 0 Å². The van der Waals surface area contributed by atoms with Crippen LogP contribution in [0.15, 0.2) is 0 Å². The van der Waals surface area contributed by atoms with Crippen molar-refractivity contribution < 1.29 is 9.84 Å². The largest absolute Gasteiger partial charge is 0.484 e. The van der Waals surface area contributed by atoms with Crippen molar-refractivity contribution in [2.75, 3.05) is 17.6 Å². The van der Waals surface area contributed by atoms with Gasteiger partial charge in [-0.3, -0.25) is 0 Å². The Labute approximate surface area is 93.4 Å². The highest BCUT2D eigenvalue weighted by Crippen LogP contribution is 2.35. The van der Waals surface area contributed by atoms with Crippen LogP contribution >= 0.6 is 11.5 Å². The quantitative estimate of drug-likeness (QED) is 0.712. The molecule has 1 unspecified atom stereocenters. The summed E-state index contributed by atoms with van der Waals surface area (Å²) in [5.74, 6) is 0.970. The number of nitrogen functional groups attached to an aromatic ring is 1. The van der Waals surface area contributed by atoms with E-state index in [1.165, 1.54) is 11.5 Å². The molecule has 86 valence electrons. The number of anilines is 2. The molecule has 0 aliphatic rings. The zero-order valence-corrected chi connectivity index (χ0v) is 9.97. The summed E-state index contributed by atoms with van der Waals surface area (Å²) < 4.78 is 9.53. The zero-order chi connectivity index (χ0) is 11.4. The molecule has 1 rings (SSSR count). The molecule has 1 atom stereocenters. The van der Waals surface area contributed by atoms with Crippen molar-refractivity contribution in [1.82, 2.24) is 4.37 Å². The van der Waals surface area contributed by atoms with Crippen LogP contribution in [0.4, 0.5) is 10.8 Å². The monoisotopic (exact) mass is 231 g/mol. The first-order chi connectivity index (χ1) is 7.00. The van der Waals surface area contributed by atoms with Crippen LogP contribution in [-0.4, -0.2) is 28.2 Å². The van der Waals surface area contributed by atoms with E-state index < -0.39 is 6.10 Å². The van der Waals surface area contributed by atoms with Gasteiger partial charge in [0.1, 0.15) is 0 Å². The second-order valence-electron chi connectivity index (χ2n) is 3.62. The maximum Gasteiger partial charge on any atom is 0.197 e. The number of nitrogens with two attached hydrogens (primary N) is 1. The van der Waals surface area contributed by atoms with Crippen LogP contribution < -0.4 is 15.8 Å². The van der Waals surface area contributed by atoms with Crippen LogP contribution in [0.1, 0.15) is 20.8 Å². The lowest BCUT2D eigenvalue weighted by Crippen LogP contribution is -2.16. The maximum atomic E-state index is 9.14. The number of hydrogen-bond donors (Lipinski definition) is 3. The topological polar surface area (TPSA) is 80.4 Å². The molecule has 4 N–H and O–H groups in total. The van der Waals surface area contributed by atoms with Crippen molar-refractivity contribution in [3.8, 4) is 5.75 Å². The molecule has 0 aliphatic carbocycles. The zero-order valence-electron chi connectivity index (χ0n) is 9.15. The van der Waals surface area contributed by atoms with E-state index in [2.05, 4.69) is 9.69 Å². The number of rotatable bonds is 5. The summed E-state index contributed by atoms with van der Waals surface area (Å²) in [4.78, 5) is 0. The Hall–Kier alpha value is -1.01. The number of aliphatic hydroxyl groups excluding tert-OH is 1. The minimum atomic E-state index is -0.416. The molecule has 0 amide bonds. The van der Waals surface area contributed by atoms with E-state index in [9.17, 15) is 0 Å². The van der Waals surface area contributed by atoms with Gasteiger partial charge in [-0.15, -0.1) is 0 Å². The lowest BCUT2D eigenvalue weighted by molar-refractivity contribution is 0.208. The van der Waals surface area contributed by atoms with E-state index in [-0.39, 0.29) is 6.10 Å². The van der Waals surface area contributed by atoms with E-state index in [1.807, 2.05) is 13.8 Å². The molecular weight excluding hydrogens is 214 g/mol. The molecule has 0 saturated carbocycles. The fourth-order valence-corrected chi connectivity index (χ4v) is 1.65. The van der Waals surface area contributed by atoms with Gasteiger partial charge < -0.3 is 20.9 Å². The average molecular weight is 231 g/mol. The SMILES string of the molecule is CC(O)CNc1snc(N)c1OC(C)C. The molecule has 0 saturated heterocycles. The Kier molecular flexibility index (Phi) is 4.16. The molecule has 0 fully saturated rings. The Morgan fingerprint density at radius 1 is 1.53 bits per heavy atom. The van der Waals surface area contributed by atoms with Gasteiger partial charge >= 0.3 is 0 Å². The van der Waals surface area contributed by atoms with Crippen molar-refractivity contribution in [2.24, 2.45) is 0 Å². The van der Waals surface area contributed by atoms with E-state index >= 15 is 0 Å². The molecule has 15 heavy (non-hydrogen) atoms. The van der Waals surface area contributed by atoms with Gasteiger partial charge in [0.2, 0.25) is 0 Å². The first kappa shape index (κ1) is 12.1. The Bertz CT molecular complexity index is 312. The van der Waals surface area contributed by atoms with E-state index in [0.29, 0.717) is 18.1 Å². The minimum absolute atomic E-state index is 0.0517. The van der Waals surface area contributed by atoms with Crippen LogP contribution in [0.25, 0.3) is 0 Å². The molecule has 0 radical (unpaired) electrons. The highest BCUT2D eigenvalue weighted by Gasteiger charge is 2.14. The summed E-state index contributed by atoms with van der Waals surface area (Å²) in [6.45, 7) is 6.02. The van der Waals surface area contributed by atoms with Crippen LogP contribution in [0.5, 0.6) is 5.75 Å². The van der Waals surface area contributed by atoms with Crippen LogP contribution in [0.2, 0.25) is 0 Å². The second-order valence-corrected chi connectivity index (χ2v) is 4.40. The van der Waals surface area contributed by atoms with Gasteiger partial charge in [-0.1, -0.05) is 0 Å². The molecule has 1 aromatic rings. The molecule has 0 spiro atoms. The summed E-state index contributed by atoms with van der Waals surface area (Å²) in [6, 6.07) is 0. The Morgan fingerprint density at radius 2 is 2.20 bits per heavy atom. The highest BCUT2D eigenvalue weighted by molar-refractivity contribution is 7.11. The summed E-state index contributed by atoms with van der Waals surface area (Å²) in [5.41, 5.74) is 5.67. The Balaban J connectivity index is 2.70. The van der Waals surface area contributed by atoms with Gasteiger partial charge in [-0.2, -0.15) is 4.37 Å². The normalized spacial score (nSPS) is 12.9. The van der Waals surface area contributed by atoms with Gasteiger partial charge in [0, 0.05) is 6.54 Å². The van der Waals surface area contributed by atoms with Gasteiger partial charge in [-0.25, -0.2) is 0 Å². The lowest BCUT2D eigenvalue weighted by Gasteiger charge is -2.12. The van der Waals surface area contributed by atoms with Crippen molar-refractivity contribution in [3.05, 3.63) is 0 Å². The van der Waals surface area contributed by atoms with Crippen molar-refractivity contribution >= 4 is 22.4 Å². The molecule has 0 bridgehead atoms. The van der Waals surface area contributed by atoms with E-state index in [1.54, 1.807) is 6.92 Å². The third-order valence-corrected chi connectivity index (χ3v) is 2.39. The summed E-state index contributed by atoms with van der Waals surface area (Å²) in [5, 5.41) is 12.9. The predicted molar refractivity (Wildman–Crippen MR) is 62.5 cm³/mol. The summed E-state index contributed by atoms with van der Waals surface area (Å²) in [6.07, 6.45) is -0.365. The Morgan fingerprint density at radius 3 is 2.73 bits per heavy atom. The third kappa shape index (κ3) is 3.56. The molecule has 1 heterocycles. The van der Waals surface area contributed by atoms with Crippen LogP contribution in [0.3, 0.4) is 0 Å². The standard InChI is InChI=1S/C9H17N3O2S/c1-5(2)14-7-8(10)12-15-9(7)11-4-6(3)13/h5-6,11,13H,4H2,1-3H3,(H2,10,12). The number of nitrogens with zero attached hydrogens (tertiary/aromatic N) is 1. The van der Waals surface area contributed by atoms with Crippen molar-refractivity contribution in [2.45, 2.75) is 33.0 Å². The smallest absolute Gasteiger partial charge is 0.197 e. The number of aromatic nitrogens is 1. The molecule has 5 nitrogen and oxygen atoms in total. The first-order valence-corrected chi connectivity index (χ1v) is 5.61. The molecule has 6 heteroatoms. The highest BCUT2D eigenvalue weighted by atomic mass is 32.1. The van der Waals surface area contributed by atoms with Gasteiger partial charge in [-0.05, 0) is 32.3 Å². The predicted octanol–water partition coefficient (Wildman–Crippen LogP) is 1.31. The van der Waals surface area contributed by atoms with Gasteiger partial charge in [0.25, 0.3) is 0 Å². The van der Waals surface area contributed by atoms with Crippen LogP contribution in [0, 0.1) is 0 Å². The minimum Gasteiger partial charge on any atom is -0.484 e. The summed E-state index contributed by atoms with van der Waals surface area (Å²) in [7, 11) is 0. The fraction of sp³-hybridized carbons (Fsp3) is 0.667. The average Bonchev–Trinajstić information content (AvgIpc) is 2.44. The maximum absolute atomic E-state index is 9.14. The number of nitrogens with one attached hydrogen (secondary N) is 1. The molecule has 0 aliphatic heterocycles. The molecule has 0 aromatic carbocycles. The van der Waals surface area contributed by atoms with Gasteiger partial charge in [0.15, 0.2) is 16.6 Å². The third-order valence-electron chi connectivity index (χ3n) is 1.59. The number of hydrogen-bond acceptors (Lipinski definition) is 6. The lowest BCUT2D eigenvalue weighted by atomic mass is 10.4. The van der Waals surface area contributed by atoms with Crippen molar-refractivity contribution in [3.63, 3.8) is 0 Å². The number of ether oxygens (including phenoxy) is 1. The number of aliphatic hydroxyl groups is 1. The van der Waals surface area contributed by atoms with Crippen LogP contribution in [-0.2, 0) is 0 Å². The molecule has 1 aromatic heterocycles. The fourth-order valence-electron chi connectivity index (χ4n) is 0.997. The first-order valence-electron chi connectivity index (χ1n) is 4.84. The van der Waals surface area contributed by atoms with E-state index in [4.69, 9.17) is 15.6 Å². The van der Waals surface area contributed by atoms with Gasteiger partial charge in [0.05, 0.1) is 12.2 Å². The molecular formula is C9H17N3O2S. The van der Waals surface area contributed by atoms with E-state index in [0.717, 1.165) is 5.00 Å². The summed E-state index contributed by atoms with van der Waals surface area (Å²) >= 11 is 1.24.